The van der Waals surface area contributed by atoms with E-state index in [9.17, 15) is 0 Å². The molecule has 0 atom stereocenters. The van der Waals surface area contributed by atoms with Gasteiger partial charge in [-0.05, 0) is 52.4 Å². The zero-order chi connectivity index (χ0) is 18.5. The predicted molar refractivity (Wildman–Crippen MR) is 120 cm³/mol. The molecule has 0 saturated carbocycles. The topological polar surface area (TPSA) is 12.0 Å². The molecule has 0 fully saturated rings. The number of hydrogen-bond acceptors (Lipinski definition) is 2. The van der Waals surface area contributed by atoms with E-state index < -0.39 is 0 Å². The summed E-state index contributed by atoms with van der Waals surface area (Å²) in [7, 11) is 0. The molecule has 0 aliphatic rings. The minimum atomic E-state index is 0.838. The van der Waals surface area contributed by atoms with E-state index in [0.29, 0.717) is 0 Å². The lowest BCUT2D eigenvalue weighted by Gasteiger charge is -2.18. The fourth-order valence-electron chi connectivity index (χ4n) is 3.62. The number of hydrogen-bond donors (Lipinski definition) is 1. The van der Waals surface area contributed by atoms with Crippen LogP contribution in [0.3, 0.4) is 0 Å². The van der Waals surface area contributed by atoms with E-state index >= 15 is 0 Å². The maximum Gasteiger partial charge on any atom is 0.0606 e. The van der Waals surface area contributed by atoms with Gasteiger partial charge in [-0.3, -0.25) is 0 Å². The molecule has 4 rings (SSSR count). The van der Waals surface area contributed by atoms with Crippen LogP contribution in [0.15, 0.2) is 78.2 Å². The number of thiophene rings is 1. The van der Waals surface area contributed by atoms with E-state index in [1.54, 1.807) is 0 Å². The van der Waals surface area contributed by atoms with E-state index in [2.05, 4.69) is 90.4 Å². The van der Waals surface area contributed by atoms with Crippen LogP contribution in [0.5, 0.6) is 0 Å². The molecule has 0 bridgehead atoms. The van der Waals surface area contributed by atoms with Gasteiger partial charge in [-0.2, -0.15) is 0 Å². The van der Waals surface area contributed by atoms with E-state index in [-0.39, 0.29) is 0 Å². The number of fused-ring (bicyclic) bond motifs is 1. The van der Waals surface area contributed by atoms with E-state index in [0.717, 1.165) is 13.0 Å². The fraction of sp³-hybridized carbons (Fsp3) is 0.200. The molecule has 0 saturated heterocycles. The lowest BCUT2D eigenvalue weighted by atomic mass is 9.93. The molecular weight excluding hydrogens is 346 g/mol. The second kappa shape index (κ2) is 8.41. The second-order valence-electron chi connectivity index (χ2n) is 6.93. The summed E-state index contributed by atoms with van der Waals surface area (Å²) in [6.07, 6.45) is 3.54. The molecule has 0 unspecified atom stereocenters. The molecule has 1 heterocycles. The molecule has 0 aliphatic carbocycles. The number of aryl methyl sites for hydroxylation is 1. The molecule has 0 radical (unpaired) electrons. The zero-order valence-electron chi connectivity index (χ0n) is 15.7. The first-order valence-electron chi connectivity index (χ1n) is 9.73. The van der Waals surface area contributed by atoms with Crippen LogP contribution >= 0.6 is 11.3 Å². The maximum atomic E-state index is 3.78. The molecule has 1 N–H and O–H groups in total. The largest absolute Gasteiger partial charge is 0.379 e. The minimum absolute atomic E-state index is 0.838. The van der Waals surface area contributed by atoms with Gasteiger partial charge in [-0.1, -0.05) is 74.0 Å². The van der Waals surface area contributed by atoms with E-state index in [1.807, 2.05) is 11.3 Å². The molecule has 27 heavy (non-hydrogen) atoms. The van der Waals surface area contributed by atoms with Crippen molar-refractivity contribution >= 4 is 27.1 Å². The average molecular weight is 372 g/mol. The predicted octanol–water partition coefficient (Wildman–Crippen LogP) is 7.52. The highest BCUT2D eigenvalue weighted by molar-refractivity contribution is 7.18. The van der Waals surface area contributed by atoms with Crippen LogP contribution in [0.25, 0.3) is 21.2 Å². The van der Waals surface area contributed by atoms with Crippen molar-refractivity contribution in [1.29, 1.82) is 0 Å². The normalized spacial score (nSPS) is 11.0. The van der Waals surface area contributed by atoms with Gasteiger partial charge in [0.05, 0.1) is 10.4 Å². The Morgan fingerprint density at radius 3 is 2.37 bits per heavy atom. The highest BCUT2D eigenvalue weighted by Crippen LogP contribution is 2.41. The molecule has 1 aromatic heterocycles. The zero-order valence-corrected chi connectivity index (χ0v) is 16.6. The van der Waals surface area contributed by atoms with Gasteiger partial charge in [0.1, 0.15) is 0 Å². The third-order valence-electron chi connectivity index (χ3n) is 5.00. The van der Waals surface area contributed by atoms with Crippen LogP contribution in [0, 0.1) is 0 Å². The first-order valence-corrected chi connectivity index (χ1v) is 10.6. The standard InChI is InChI=1S/C25H25NS/c1-2-3-12-21-17-22-15-16-27-25(22)24(23(21)20-13-8-5-9-14-20)26-18-19-10-6-4-7-11-19/h4-11,13-17,26H,2-3,12,18H2,1H3. The lowest BCUT2D eigenvalue weighted by Crippen LogP contribution is -2.03. The van der Waals surface area contributed by atoms with Gasteiger partial charge in [0, 0.05) is 12.1 Å². The van der Waals surface area contributed by atoms with Crippen molar-refractivity contribution in [3.05, 3.63) is 89.3 Å². The van der Waals surface area contributed by atoms with Crippen molar-refractivity contribution in [2.45, 2.75) is 32.7 Å². The van der Waals surface area contributed by atoms with Crippen molar-refractivity contribution in [1.82, 2.24) is 0 Å². The Bertz CT molecular complexity index is 1000. The van der Waals surface area contributed by atoms with Crippen LogP contribution in [-0.4, -0.2) is 0 Å². The molecule has 2 heteroatoms. The van der Waals surface area contributed by atoms with Crippen LogP contribution in [-0.2, 0) is 13.0 Å². The minimum Gasteiger partial charge on any atom is -0.379 e. The Morgan fingerprint density at radius 1 is 0.889 bits per heavy atom. The molecule has 136 valence electrons. The summed E-state index contributed by atoms with van der Waals surface area (Å²) in [5.74, 6) is 0. The third-order valence-corrected chi connectivity index (χ3v) is 5.95. The second-order valence-corrected chi connectivity index (χ2v) is 7.85. The Kier molecular flexibility index (Phi) is 5.55. The Labute approximate surface area is 165 Å². The first kappa shape index (κ1) is 17.8. The van der Waals surface area contributed by atoms with E-state index in [1.165, 1.54) is 50.9 Å². The average Bonchev–Trinajstić information content (AvgIpc) is 3.20. The van der Waals surface area contributed by atoms with Gasteiger partial charge in [0.2, 0.25) is 0 Å². The third kappa shape index (κ3) is 3.91. The first-order chi connectivity index (χ1) is 13.4. The number of unbranched alkanes of at least 4 members (excludes halogenated alkanes) is 1. The van der Waals surface area contributed by atoms with Crippen molar-refractivity contribution < 1.29 is 0 Å². The maximum absolute atomic E-state index is 3.78. The Balaban J connectivity index is 1.84. The molecule has 0 aliphatic heterocycles. The van der Waals surface area contributed by atoms with Crippen molar-refractivity contribution in [3.8, 4) is 11.1 Å². The van der Waals surface area contributed by atoms with Gasteiger partial charge >= 0.3 is 0 Å². The molecule has 4 aromatic rings. The van der Waals surface area contributed by atoms with Gasteiger partial charge in [0.15, 0.2) is 0 Å². The van der Waals surface area contributed by atoms with Gasteiger partial charge < -0.3 is 5.32 Å². The molecular formula is C25H25NS. The highest BCUT2D eigenvalue weighted by atomic mass is 32.1. The van der Waals surface area contributed by atoms with Gasteiger partial charge in [-0.25, -0.2) is 0 Å². The summed E-state index contributed by atoms with van der Waals surface area (Å²) in [5, 5.41) is 7.34. The van der Waals surface area contributed by atoms with Gasteiger partial charge in [-0.15, -0.1) is 11.3 Å². The monoisotopic (exact) mass is 371 g/mol. The number of benzene rings is 3. The fourth-order valence-corrected chi connectivity index (χ4v) is 4.53. The molecule has 0 amide bonds. The van der Waals surface area contributed by atoms with E-state index in [4.69, 9.17) is 0 Å². The summed E-state index contributed by atoms with van der Waals surface area (Å²) in [6.45, 7) is 3.10. The summed E-state index contributed by atoms with van der Waals surface area (Å²) in [5.41, 5.74) is 6.71. The summed E-state index contributed by atoms with van der Waals surface area (Å²) < 4.78 is 1.35. The lowest BCUT2D eigenvalue weighted by molar-refractivity contribution is 0.797. The number of rotatable bonds is 7. The van der Waals surface area contributed by atoms with Crippen LogP contribution in [0.1, 0.15) is 30.9 Å². The summed E-state index contributed by atoms with van der Waals surface area (Å²) in [6, 6.07) is 26.1. The van der Waals surface area contributed by atoms with Crippen LogP contribution in [0.4, 0.5) is 5.69 Å². The van der Waals surface area contributed by atoms with Crippen molar-refractivity contribution in [2.75, 3.05) is 5.32 Å². The van der Waals surface area contributed by atoms with Gasteiger partial charge in [0.25, 0.3) is 0 Å². The SMILES string of the molecule is CCCCc1cc2ccsc2c(NCc2ccccc2)c1-c1ccccc1. The highest BCUT2D eigenvalue weighted by Gasteiger charge is 2.16. The Hall–Kier alpha value is -2.58. The molecule has 1 nitrogen and oxygen atoms in total. The Morgan fingerprint density at radius 2 is 1.63 bits per heavy atom. The quantitative estimate of drug-likeness (QED) is 0.354. The molecule has 3 aromatic carbocycles. The summed E-state index contributed by atoms with van der Waals surface area (Å²) >= 11 is 1.83. The van der Waals surface area contributed by atoms with Crippen molar-refractivity contribution in [3.63, 3.8) is 0 Å². The van der Waals surface area contributed by atoms with Crippen molar-refractivity contribution in [2.24, 2.45) is 0 Å². The van der Waals surface area contributed by atoms with Crippen LogP contribution in [0.2, 0.25) is 0 Å². The molecule has 0 spiro atoms. The smallest absolute Gasteiger partial charge is 0.0606 e. The number of nitrogens with one attached hydrogen (secondary N) is 1. The van der Waals surface area contributed by atoms with Crippen LogP contribution < -0.4 is 5.32 Å². The number of anilines is 1. The summed E-state index contributed by atoms with van der Waals surface area (Å²) in [4.78, 5) is 0.